The van der Waals surface area contributed by atoms with Crippen LogP contribution in [0.2, 0.25) is 0 Å². The second kappa shape index (κ2) is 5.61. The molecule has 1 aromatic carbocycles. The van der Waals surface area contributed by atoms with Crippen molar-refractivity contribution in [1.82, 2.24) is 4.90 Å². The summed E-state index contributed by atoms with van der Waals surface area (Å²) in [6.07, 6.45) is 1.17. The molecule has 1 aliphatic rings. The zero-order valence-electron chi connectivity index (χ0n) is 11.6. The van der Waals surface area contributed by atoms with Gasteiger partial charge in [0, 0.05) is 6.42 Å². The van der Waals surface area contributed by atoms with Crippen molar-refractivity contribution in [2.45, 2.75) is 32.3 Å². The Morgan fingerprint density at radius 2 is 2.00 bits per heavy atom. The first-order chi connectivity index (χ1) is 8.96. The van der Waals surface area contributed by atoms with Gasteiger partial charge in [-0.1, -0.05) is 17.7 Å². The molecule has 0 bridgehead atoms. The molecule has 0 unspecified atom stereocenters. The SMILES string of the molecule is Cc1ccc(OCCCC(=O)N2CC(C)(O)C2)cc1. The first-order valence-electron chi connectivity index (χ1n) is 6.66. The smallest absolute Gasteiger partial charge is 0.222 e. The number of likely N-dealkylation sites (tertiary alicyclic amines) is 1. The average molecular weight is 263 g/mol. The maximum absolute atomic E-state index is 11.7. The number of aliphatic hydroxyl groups is 1. The molecular formula is C15H21NO3. The van der Waals surface area contributed by atoms with Crippen LogP contribution >= 0.6 is 0 Å². The van der Waals surface area contributed by atoms with E-state index in [0.717, 1.165) is 5.75 Å². The van der Waals surface area contributed by atoms with E-state index in [1.807, 2.05) is 31.2 Å². The molecule has 1 fully saturated rings. The standard InChI is InChI=1S/C15H21NO3/c1-12-5-7-13(8-6-12)19-9-3-4-14(17)16-10-15(2,18)11-16/h5-8,18H,3-4,9-11H2,1-2H3. The molecule has 0 atom stereocenters. The predicted molar refractivity (Wildman–Crippen MR) is 73.1 cm³/mol. The number of nitrogens with zero attached hydrogens (tertiary/aromatic N) is 1. The number of rotatable bonds is 5. The van der Waals surface area contributed by atoms with Crippen LogP contribution < -0.4 is 4.74 Å². The lowest BCUT2D eigenvalue weighted by Crippen LogP contribution is -2.61. The van der Waals surface area contributed by atoms with E-state index in [2.05, 4.69) is 0 Å². The first kappa shape index (κ1) is 13.9. The van der Waals surface area contributed by atoms with Gasteiger partial charge >= 0.3 is 0 Å². The van der Waals surface area contributed by atoms with Gasteiger partial charge in [-0.2, -0.15) is 0 Å². The monoisotopic (exact) mass is 263 g/mol. The van der Waals surface area contributed by atoms with Crippen LogP contribution in [0.3, 0.4) is 0 Å². The van der Waals surface area contributed by atoms with Gasteiger partial charge in [0.2, 0.25) is 5.91 Å². The number of β-amino-alcohol motifs (C(OH)–C–C–N with tert-alkyl or cyclic N) is 1. The molecule has 2 rings (SSSR count). The highest BCUT2D eigenvalue weighted by Crippen LogP contribution is 2.20. The van der Waals surface area contributed by atoms with Crippen molar-refractivity contribution >= 4 is 5.91 Å². The number of amides is 1. The van der Waals surface area contributed by atoms with E-state index in [-0.39, 0.29) is 5.91 Å². The van der Waals surface area contributed by atoms with Gasteiger partial charge in [-0.15, -0.1) is 0 Å². The maximum Gasteiger partial charge on any atom is 0.222 e. The summed E-state index contributed by atoms with van der Waals surface area (Å²) in [5.74, 6) is 0.934. The Labute approximate surface area is 114 Å². The minimum atomic E-state index is -0.686. The molecule has 1 aromatic rings. The molecule has 4 nitrogen and oxygen atoms in total. The van der Waals surface area contributed by atoms with Crippen molar-refractivity contribution in [2.75, 3.05) is 19.7 Å². The Kier molecular flexibility index (Phi) is 4.10. The van der Waals surface area contributed by atoms with Gasteiger partial charge in [-0.25, -0.2) is 0 Å². The van der Waals surface area contributed by atoms with Crippen LogP contribution in [-0.4, -0.2) is 41.2 Å². The van der Waals surface area contributed by atoms with Crippen molar-refractivity contribution < 1.29 is 14.6 Å². The van der Waals surface area contributed by atoms with E-state index in [9.17, 15) is 9.90 Å². The molecule has 0 spiro atoms. The second-order valence-corrected chi connectivity index (χ2v) is 5.51. The molecule has 1 N–H and O–H groups in total. The molecular weight excluding hydrogens is 242 g/mol. The third-order valence-electron chi connectivity index (χ3n) is 3.24. The van der Waals surface area contributed by atoms with Crippen LogP contribution in [0.25, 0.3) is 0 Å². The molecule has 0 aromatic heterocycles. The zero-order valence-corrected chi connectivity index (χ0v) is 11.6. The minimum Gasteiger partial charge on any atom is -0.494 e. The Balaban J connectivity index is 1.62. The van der Waals surface area contributed by atoms with E-state index in [1.54, 1.807) is 11.8 Å². The van der Waals surface area contributed by atoms with Gasteiger partial charge in [0.05, 0.1) is 25.3 Å². The zero-order chi connectivity index (χ0) is 13.9. The summed E-state index contributed by atoms with van der Waals surface area (Å²) < 4.78 is 5.56. The van der Waals surface area contributed by atoms with E-state index in [1.165, 1.54) is 5.56 Å². The van der Waals surface area contributed by atoms with Crippen molar-refractivity contribution in [1.29, 1.82) is 0 Å². The fourth-order valence-electron chi connectivity index (χ4n) is 2.16. The number of carbonyl (C=O) groups is 1. The molecule has 19 heavy (non-hydrogen) atoms. The summed E-state index contributed by atoms with van der Waals surface area (Å²) in [6.45, 7) is 5.22. The molecule has 0 aliphatic carbocycles. The Morgan fingerprint density at radius 1 is 1.37 bits per heavy atom. The number of hydrogen-bond donors (Lipinski definition) is 1. The van der Waals surface area contributed by atoms with E-state index < -0.39 is 5.60 Å². The van der Waals surface area contributed by atoms with E-state index >= 15 is 0 Å². The van der Waals surface area contributed by atoms with Gasteiger partial charge in [0.1, 0.15) is 5.75 Å². The van der Waals surface area contributed by atoms with Crippen LogP contribution in [0, 0.1) is 6.92 Å². The van der Waals surface area contributed by atoms with Crippen LogP contribution in [0.1, 0.15) is 25.3 Å². The number of benzene rings is 1. The fourth-order valence-corrected chi connectivity index (χ4v) is 2.16. The highest BCUT2D eigenvalue weighted by atomic mass is 16.5. The lowest BCUT2D eigenvalue weighted by atomic mass is 9.96. The summed E-state index contributed by atoms with van der Waals surface area (Å²) in [7, 11) is 0. The lowest BCUT2D eigenvalue weighted by molar-refractivity contribution is -0.152. The Hall–Kier alpha value is -1.55. The summed E-state index contributed by atoms with van der Waals surface area (Å²) in [4.78, 5) is 13.4. The summed E-state index contributed by atoms with van der Waals surface area (Å²) >= 11 is 0. The maximum atomic E-state index is 11.7. The second-order valence-electron chi connectivity index (χ2n) is 5.51. The van der Waals surface area contributed by atoms with Crippen molar-refractivity contribution in [3.8, 4) is 5.75 Å². The average Bonchev–Trinajstić information content (AvgIpc) is 2.33. The molecule has 1 heterocycles. The highest BCUT2D eigenvalue weighted by molar-refractivity contribution is 5.77. The van der Waals surface area contributed by atoms with Crippen molar-refractivity contribution in [3.63, 3.8) is 0 Å². The fraction of sp³-hybridized carbons (Fsp3) is 0.533. The quantitative estimate of drug-likeness (QED) is 0.823. The van der Waals surface area contributed by atoms with Gasteiger partial charge in [0.25, 0.3) is 0 Å². The molecule has 0 saturated carbocycles. The summed E-state index contributed by atoms with van der Waals surface area (Å²) in [6, 6.07) is 7.87. The largest absolute Gasteiger partial charge is 0.494 e. The number of ether oxygens (including phenoxy) is 1. The van der Waals surface area contributed by atoms with Crippen LogP contribution in [-0.2, 0) is 4.79 Å². The minimum absolute atomic E-state index is 0.0963. The number of hydrogen-bond acceptors (Lipinski definition) is 3. The Morgan fingerprint density at radius 3 is 2.58 bits per heavy atom. The summed E-state index contributed by atoms with van der Waals surface area (Å²) in [5.41, 5.74) is 0.515. The van der Waals surface area contributed by atoms with Gasteiger partial charge in [-0.3, -0.25) is 4.79 Å². The van der Waals surface area contributed by atoms with Gasteiger partial charge < -0.3 is 14.7 Å². The number of carbonyl (C=O) groups excluding carboxylic acids is 1. The Bertz CT molecular complexity index is 431. The molecule has 0 radical (unpaired) electrons. The van der Waals surface area contributed by atoms with E-state index in [0.29, 0.717) is 32.5 Å². The lowest BCUT2D eigenvalue weighted by Gasteiger charge is -2.44. The molecule has 1 amide bonds. The first-order valence-corrected chi connectivity index (χ1v) is 6.66. The highest BCUT2D eigenvalue weighted by Gasteiger charge is 2.38. The van der Waals surface area contributed by atoms with Crippen LogP contribution in [0.4, 0.5) is 0 Å². The predicted octanol–water partition coefficient (Wildman–Crippen LogP) is 1.75. The van der Waals surface area contributed by atoms with Crippen LogP contribution in [0.5, 0.6) is 5.75 Å². The summed E-state index contributed by atoms with van der Waals surface area (Å²) in [5, 5.41) is 9.56. The van der Waals surface area contributed by atoms with Gasteiger partial charge in [-0.05, 0) is 32.4 Å². The molecule has 1 saturated heterocycles. The third-order valence-corrected chi connectivity index (χ3v) is 3.24. The van der Waals surface area contributed by atoms with Crippen molar-refractivity contribution in [2.24, 2.45) is 0 Å². The van der Waals surface area contributed by atoms with Crippen molar-refractivity contribution in [3.05, 3.63) is 29.8 Å². The van der Waals surface area contributed by atoms with Gasteiger partial charge in [0.15, 0.2) is 0 Å². The number of aryl methyl sites for hydroxylation is 1. The van der Waals surface area contributed by atoms with E-state index in [4.69, 9.17) is 4.74 Å². The third kappa shape index (κ3) is 3.96. The molecule has 104 valence electrons. The molecule has 4 heteroatoms. The molecule has 1 aliphatic heterocycles. The normalized spacial score (nSPS) is 16.9. The topological polar surface area (TPSA) is 49.8 Å². The van der Waals surface area contributed by atoms with Crippen LogP contribution in [0.15, 0.2) is 24.3 Å².